The van der Waals surface area contributed by atoms with Gasteiger partial charge in [-0.15, -0.1) is 0 Å². The Labute approximate surface area is 177 Å². The van der Waals surface area contributed by atoms with Crippen LogP contribution in [0.4, 0.5) is 5.69 Å². The van der Waals surface area contributed by atoms with Gasteiger partial charge in [-0.3, -0.25) is 9.52 Å². The summed E-state index contributed by atoms with van der Waals surface area (Å²) in [6.07, 6.45) is 0. The van der Waals surface area contributed by atoms with Crippen LogP contribution < -0.4 is 14.9 Å². The maximum absolute atomic E-state index is 12.6. The monoisotopic (exact) mass is 424 g/mol. The molecule has 1 amide bonds. The minimum absolute atomic E-state index is 0.166. The van der Waals surface area contributed by atoms with Gasteiger partial charge in [-0.05, 0) is 35.9 Å². The Balaban J connectivity index is 1.70. The Kier molecular flexibility index (Phi) is 6.87. The smallest absolute Gasteiger partial charge is 0.261 e. The molecule has 0 aliphatic carbocycles. The number of carbonyl (C=O) groups excluding carboxylic acids is 1. The molecule has 0 atom stereocenters. The molecule has 3 aromatic rings. The molecule has 3 N–H and O–H groups in total. The molecule has 0 bridgehead atoms. The summed E-state index contributed by atoms with van der Waals surface area (Å²) in [5.74, 6) is -0.261. The van der Waals surface area contributed by atoms with Crippen molar-refractivity contribution in [1.29, 1.82) is 0 Å². The van der Waals surface area contributed by atoms with Crippen LogP contribution in [0.15, 0.2) is 83.8 Å². The lowest BCUT2D eigenvalue weighted by Gasteiger charge is -2.13. The van der Waals surface area contributed by atoms with Gasteiger partial charge in [-0.1, -0.05) is 48.5 Å². The second-order valence-electron chi connectivity index (χ2n) is 7.33. The molecule has 0 radical (unpaired) electrons. The number of hydrogen-bond acceptors (Lipinski definition) is 3. The summed E-state index contributed by atoms with van der Waals surface area (Å²) < 4.78 is 27.5. The van der Waals surface area contributed by atoms with Crippen LogP contribution in [0.3, 0.4) is 0 Å². The average molecular weight is 425 g/mol. The van der Waals surface area contributed by atoms with Gasteiger partial charge in [0.15, 0.2) is 0 Å². The number of sulfonamides is 1. The Morgan fingerprint density at radius 1 is 0.867 bits per heavy atom. The first kappa shape index (κ1) is 21.5. The van der Waals surface area contributed by atoms with E-state index in [9.17, 15) is 13.2 Å². The molecular formula is C23H26N3O3S+. The highest BCUT2D eigenvalue weighted by molar-refractivity contribution is 7.92. The molecule has 0 saturated carbocycles. The van der Waals surface area contributed by atoms with Gasteiger partial charge in [-0.25, -0.2) is 8.42 Å². The zero-order valence-electron chi connectivity index (χ0n) is 17.1. The Bertz CT molecular complexity index is 1110. The number of rotatable bonds is 8. The third kappa shape index (κ3) is 5.68. The summed E-state index contributed by atoms with van der Waals surface area (Å²) in [6.45, 7) is 1.27. The predicted octanol–water partition coefficient (Wildman–Crippen LogP) is 2.06. The van der Waals surface area contributed by atoms with E-state index in [2.05, 4.69) is 30.2 Å². The summed E-state index contributed by atoms with van der Waals surface area (Å²) in [5, 5.41) is 2.93. The fourth-order valence-electron chi connectivity index (χ4n) is 3.10. The molecule has 7 heteroatoms. The van der Waals surface area contributed by atoms with Crippen LogP contribution in [0.5, 0.6) is 0 Å². The lowest BCUT2D eigenvalue weighted by Crippen LogP contribution is -3.04. The van der Waals surface area contributed by atoms with Crippen molar-refractivity contribution in [2.24, 2.45) is 0 Å². The summed E-state index contributed by atoms with van der Waals surface area (Å²) in [6, 6.07) is 22.6. The van der Waals surface area contributed by atoms with E-state index >= 15 is 0 Å². The number of benzene rings is 3. The number of nitrogens with one attached hydrogen (secondary N) is 3. The molecule has 3 aromatic carbocycles. The van der Waals surface area contributed by atoms with E-state index in [0.717, 1.165) is 12.1 Å². The summed E-state index contributed by atoms with van der Waals surface area (Å²) in [4.78, 5) is 14.1. The maximum Gasteiger partial charge on any atom is 0.261 e. The first-order valence-corrected chi connectivity index (χ1v) is 11.2. The van der Waals surface area contributed by atoms with Gasteiger partial charge in [0.2, 0.25) is 0 Å². The molecule has 0 unspecified atom stereocenters. The van der Waals surface area contributed by atoms with Crippen LogP contribution in [-0.2, 0) is 23.1 Å². The molecular weight excluding hydrogens is 398 g/mol. The quantitative estimate of drug-likeness (QED) is 0.518. The lowest BCUT2D eigenvalue weighted by molar-refractivity contribution is -0.872. The highest BCUT2D eigenvalue weighted by Gasteiger charge is 2.15. The number of carbonyl (C=O) groups is 1. The van der Waals surface area contributed by atoms with Crippen LogP contribution in [-0.4, -0.2) is 28.4 Å². The van der Waals surface area contributed by atoms with Crippen LogP contribution >= 0.6 is 0 Å². The van der Waals surface area contributed by atoms with E-state index in [0.29, 0.717) is 17.8 Å². The topological polar surface area (TPSA) is 79.7 Å². The minimum atomic E-state index is -3.71. The van der Waals surface area contributed by atoms with E-state index in [1.807, 2.05) is 18.2 Å². The Morgan fingerprint density at radius 3 is 2.23 bits per heavy atom. The zero-order valence-corrected chi connectivity index (χ0v) is 17.9. The highest BCUT2D eigenvalue weighted by Crippen LogP contribution is 2.17. The normalized spacial score (nSPS) is 11.3. The third-order valence-corrected chi connectivity index (χ3v) is 5.93. The highest BCUT2D eigenvalue weighted by atomic mass is 32.2. The first-order valence-electron chi connectivity index (χ1n) is 9.67. The fraction of sp³-hybridized carbons (Fsp3) is 0.174. The third-order valence-electron chi connectivity index (χ3n) is 4.53. The van der Waals surface area contributed by atoms with Crippen LogP contribution in [0, 0.1) is 0 Å². The second kappa shape index (κ2) is 9.56. The van der Waals surface area contributed by atoms with E-state index < -0.39 is 10.0 Å². The molecule has 0 aliphatic heterocycles. The van der Waals surface area contributed by atoms with Crippen molar-refractivity contribution in [2.75, 3.05) is 18.8 Å². The number of hydrogen-bond donors (Lipinski definition) is 3. The maximum atomic E-state index is 12.6. The Hall–Kier alpha value is -3.16. The van der Waals surface area contributed by atoms with E-state index in [-0.39, 0.29) is 10.8 Å². The van der Waals surface area contributed by atoms with Crippen molar-refractivity contribution in [3.63, 3.8) is 0 Å². The molecule has 6 nitrogen and oxygen atoms in total. The molecule has 0 aromatic heterocycles. The van der Waals surface area contributed by atoms with Crippen molar-refractivity contribution in [3.05, 3.63) is 95.6 Å². The molecule has 0 aliphatic rings. The zero-order chi connectivity index (χ0) is 21.6. The van der Waals surface area contributed by atoms with E-state index in [4.69, 9.17) is 0 Å². The largest absolute Gasteiger partial charge is 0.348 e. The molecule has 0 spiro atoms. The summed E-state index contributed by atoms with van der Waals surface area (Å²) in [5.41, 5.74) is 2.97. The standard InChI is InChI=1S/C23H25N3O3S/c1-26(2)17-20-10-7-6-9-19(20)16-24-23(27)18-11-8-12-21(15-18)25-30(28,29)22-13-4-3-5-14-22/h3-15,25H,16-17H2,1-2H3,(H,24,27)/p+1. The summed E-state index contributed by atoms with van der Waals surface area (Å²) in [7, 11) is 0.449. The molecule has 0 fully saturated rings. The molecule has 3 rings (SSSR count). The SMILES string of the molecule is C[NH+](C)Cc1ccccc1CNC(=O)c1cccc(NS(=O)(=O)c2ccccc2)c1. The lowest BCUT2D eigenvalue weighted by atomic mass is 10.1. The van der Waals surface area contributed by atoms with E-state index in [1.54, 1.807) is 36.4 Å². The van der Waals surface area contributed by atoms with E-state index in [1.165, 1.54) is 28.7 Å². The first-order chi connectivity index (χ1) is 14.3. The molecule has 30 heavy (non-hydrogen) atoms. The number of amides is 1. The number of anilines is 1. The van der Waals surface area contributed by atoms with Crippen molar-refractivity contribution >= 4 is 21.6 Å². The van der Waals surface area contributed by atoms with Crippen molar-refractivity contribution < 1.29 is 18.1 Å². The van der Waals surface area contributed by atoms with Gasteiger partial charge in [0.25, 0.3) is 15.9 Å². The fourth-order valence-corrected chi connectivity index (χ4v) is 4.17. The van der Waals surface area contributed by atoms with Gasteiger partial charge >= 0.3 is 0 Å². The molecule has 0 saturated heterocycles. The second-order valence-corrected chi connectivity index (χ2v) is 9.02. The van der Waals surface area contributed by atoms with Crippen molar-refractivity contribution in [1.82, 2.24) is 5.32 Å². The van der Waals surface area contributed by atoms with Gasteiger partial charge < -0.3 is 10.2 Å². The van der Waals surface area contributed by atoms with Crippen LogP contribution in [0.25, 0.3) is 0 Å². The average Bonchev–Trinajstić information content (AvgIpc) is 2.73. The number of quaternary nitrogens is 1. The van der Waals surface area contributed by atoms with Crippen molar-refractivity contribution in [2.45, 2.75) is 18.0 Å². The predicted molar refractivity (Wildman–Crippen MR) is 118 cm³/mol. The van der Waals surface area contributed by atoms with Crippen LogP contribution in [0.2, 0.25) is 0 Å². The van der Waals surface area contributed by atoms with Crippen molar-refractivity contribution in [3.8, 4) is 0 Å². The molecule has 156 valence electrons. The van der Waals surface area contributed by atoms with Gasteiger partial charge in [0, 0.05) is 23.4 Å². The molecule has 0 heterocycles. The van der Waals surface area contributed by atoms with Gasteiger partial charge in [-0.2, -0.15) is 0 Å². The minimum Gasteiger partial charge on any atom is -0.348 e. The van der Waals surface area contributed by atoms with Crippen LogP contribution in [0.1, 0.15) is 21.5 Å². The Morgan fingerprint density at radius 2 is 1.53 bits per heavy atom. The summed E-state index contributed by atoms with van der Waals surface area (Å²) >= 11 is 0. The van der Waals surface area contributed by atoms with Gasteiger partial charge in [0.1, 0.15) is 6.54 Å². The van der Waals surface area contributed by atoms with Gasteiger partial charge in [0.05, 0.1) is 19.0 Å².